The Morgan fingerprint density at radius 1 is 0.301 bits per heavy atom. The van der Waals surface area contributed by atoms with Crippen LogP contribution in [0.5, 0.6) is 5.75 Å². The summed E-state index contributed by atoms with van der Waals surface area (Å²) in [5, 5.41) is 26.6. The Morgan fingerprint density at radius 3 is 1.23 bits per heavy atom. The van der Waals surface area contributed by atoms with Crippen molar-refractivity contribution < 1.29 is 22.3 Å². The molecule has 0 atom stereocenters. The van der Waals surface area contributed by atoms with Crippen LogP contribution in [-0.4, -0.2) is 15.5 Å². The smallest absolute Gasteiger partial charge is 0.455 e. The minimum Gasteiger partial charge on any atom is -0.455 e. The number of nitriles is 2. The highest BCUT2D eigenvalue weighted by Crippen LogP contribution is 2.57. The molecule has 0 spiro atoms. The average Bonchev–Trinajstić information content (AvgIpc) is 1.58. The number of anilines is 6. The molecular formula is C133H85F3N8O2. The van der Waals surface area contributed by atoms with E-state index >= 15 is 0 Å². The average molecular weight is 1880 g/mol. The summed E-state index contributed by atoms with van der Waals surface area (Å²) in [6, 6.07) is 166. The van der Waals surface area contributed by atoms with Gasteiger partial charge in [0, 0.05) is 99.9 Å². The van der Waals surface area contributed by atoms with Crippen LogP contribution >= 0.6 is 0 Å². The van der Waals surface area contributed by atoms with Gasteiger partial charge in [0.15, 0.2) is 0 Å². The predicted molar refractivity (Wildman–Crippen MR) is 588 cm³/mol. The minimum absolute atomic E-state index is 0.0864. The number of furan rings is 1. The molecule has 3 aliphatic rings. The first-order valence-corrected chi connectivity index (χ1v) is 48.3. The van der Waals surface area contributed by atoms with Gasteiger partial charge in [-0.2, -0.15) is 0 Å². The number of halogens is 3. The van der Waals surface area contributed by atoms with E-state index in [9.17, 15) is 23.7 Å². The van der Waals surface area contributed by atoms with E-state index in [1.54, 1.807) is 6.07 Å². The zero-order valence-corrected chi connectivity index (χ0v) is 79.4. The lowest BCUT2D eigenvalue weighted by molar-refractivity contribution is -0.274. The first-order valence-electron chi connectivity index (χ1n) is 48.3. The van der Waals surface area contributed by atoms with Crippen molar-refractivity contribution in [2.75, 3.05) is 9.80 Å². The Hall–Kier alpha value is -19.6. The number of ether oxygens (including phenoxy) is 1. The summed E-state index contributed by atoms with van der Waals surface area (Å²) in [5.41, 5.74) is 38.6. The normalized spacial score (nSPS) is 12.9. The predicted octanol–water partition coefficient (Wildman–Crippen LogP) is 36.3. The van der Waals surface area contributed by atoms with Crippen LogP contribution in [0, 0.1) is 42.7 Å². The molecule has 13 heteroatoms. The molecule has 690 valence electrons. The summed E-state index contributed by atoms with van der Waals surface area (Å²) in [4.78, 5) is 11.5. The van der Waals surface area contributed by atoms with Crippen molar-refractivity contribution in [2.24, 2.45) is 0 Å². The van der Waals surface area contributed by atoms with E-state index in [1.807, 2.05) is 55.5 Å². The summed E-state index contributed by atoms with van der Waals surface area (Å²) in [7, 11) is 0. The SMILES string of the molecule is CC1(C)c2ccccc2-c2ccc(N(c3ccc(-c4ccccc4)cc3)c3ccc(-c4ccc5c(c4)c4ccccc4n5-c4ccccc4)cc3)cc21.[C-]#[N+]/C(C#N)=C1\c2cc(C)ccc2-c2cc3c(cc21)/C(=C(/C#N)[N+]#[C-])c1cc(OC(F)(F)F)ccc1-3.c1ccc(-c2ccc(N(c3ccc(-c4cccc(-n5c6ccccc6c6ccccc65)c4)cc3)c3ccc(-c4cccc5c4oc4ccccc45)cc3)cc2)cc1. The molecule has 146 heavy (non-hydrogen) atoms. The van der Waals surface area contributed by atoms with Crippen molar-refractivity contribution in [2.45, 2.75) is 32.5 Å². The van der Waals surface area contributed by atoms with E-state index in [-0.39, 0.29) is 27.9 Å². The number of allylic oxidation sites excluding steroid dienone is 2. The Morgan fingerprint density at radius 2 is 0.678 bits per heavy atom. The van der Waals surface area contributed by atoms with Gasteiger partial charge in [-0.1, -0.05) is 323 Å². The highest BCUT2D eigenvalue weighted by Gasteiger charge is 2.39. The fourth-order valence-corrected chi connectivity index (χ4v) is 21.8. The third kappa shape index (κ3) is 15.8. The van der Waals surface area contributed by atoms with Crippen LogP contribution in [0.4, 0.5) is 47.3 Å². The van der Waals surface area contributed by atoms with Crippen LogP contribution in [-0.2, 0) is 5.41 Å². The van der Waals surface area contributed by atoms with E-state index in [4.69, 9.17) is 17.6 Å². The van der Waals surface area contributed by atoms with Crippen LogP contribution in [0.3, 0.4) is 0 Å². The molecule has 20 aromatic carbocycles. The van der Waals surface area contributed by atoms with Crippen molar-refractivity contribution in [3.63, 3.8) is 0 Å². The molecule has 23 aromatic rings. The monoisotopic (exact) mass is 1880 g/mol. The first kappa shape index (κ1) is 89.1. The van der Waals surface area contributed by atoms with Crippen LogP contribution in [0.15, 0.2) is 477 Å². The Balaban J connectivity index is 0.000000121. The van der Waals surface area contributed by atoms with Crippen molar-refractivity contribution >= 4 is 111 Å². The van der Waals surface area contributed by atoms with Crippen molar-refractivity contribution in [3.05, 3.63) is 534 Å². The zero-order chi connectivity index (χ0) is 99.0. The summed E-state index contributed by atoms with van der Waals surface area (Å²) in [5.74, 6) is -0.470. The van der Waals surface area contributed by atoms with Gasteiger partial charge in [0.05, 0.1) is 47.3 Å². The quantitative estimate of drug-likeness (QED) is 0.0795. The Bertz CT molecular complexity index is 9350. The van der Waals surface area contributed by atoms with Crippen LogP contribution in [0.2, 0.25) is 0 Å². The Kier molecular flexibility index (Phi) is 22.3. The van der Waals surface area contributed by atoms with Gasteiger partial charge >= 0.3 is 6.36 Å². The maximum atomic E-state index is 12.9. The fourth-order valence-electron chi connectivity index (χ4n) is 21.8. The summed E-state index contributed by atoms with van der Waals surface area (Å²) in [6.07, 6.45) is -4.91. The third-order valence-electron chi connectivity index (χ3n) is 28.5. The summed E-state index contributed by atoms with van der Waals surface area (Å²) in [6.45, 7) is 21.6. The first-order chi connectivity index (χ1) is 71.5. The molecule has 26 rings (SSSR count). The van der Waals surface area contributed by atoms with Gasteiger partial charge in [0.25, 0.3) is 11.4 Å². The standard InChI is InChI=1S/C54H36N2O.C51H38N2.C28H11F3N4O/c1-2-12-37(13-3-1)38-24-30-42(31-25-38)55(44-34-28-40(29-35-44)46-19-11-20-50-49-18-6-9-23-53(49)57-54(46)50)43-32-26-39(27-33-43)41-14-10-15-45(36-41)56-51-21-7-4-16-47(51)48-17-5-8-22-52(48)56;1-51(2)47-19-11-9-17-43(47)44-31-30-42(34-48(44)51)52(40-26-21-36(22-27-40)35-13-5-3-6-14-35)41-28-23-37(24-29-41)38-25-32-50-46(33-38)45-18-10-12-20-49(45)53(50)39-15-7-4-8-16-39;1-14-4-6-16-18-10-19-17-7-5-15(36-28(29,30)31)9-21(17)27(25(13-33)35-3)23(19)11-22(18)26(20(16)8-14)24(12-32)34-2/h1-36H;3-34H,1-2H3;4-11H,1H3/b;;26-24+,27-25-. The number of fused-ring (bicyclic) bond motifs is 18. The highest BCUT2D eigenvalue weighted by atomic mass is 19.4. The number of alkyl halides is 3. The lowest BCUT2D eigenvalue weighted by atomic mass is 9.82. The molecule has 0 radical (unpaired) electrons. The van der Waals surface area contributed by atoms with E-state index in [0.29, 0.717) is 27.8 Å². The molecule has 3 aromatic heterocycles. The summed E-state index contributed by atoms with van der Waals surface area (Å²) < 4.78 is 53.8. The van der Waals surface area contributed by atoms with Crippen molar-refractivity contribution in [1.29, 1.82) is 10.5 Å². The van der Waals surface area contributed by atoms with E-state index in [2.05, 4.69) is 448 Å². The van der Waals surface area contributed by atoms with Gasteiger partial charge in [-0.25, -0.2) is 20.2 Å². The number of benzene rings is 20. The molecule has 0 aliphatic heterocycles. The van der Waals surface area contributed by atoms with Crippen LogP contribution < -0.4 is 14.5 Å². The summed E-state index contributed by atoms with van der Waals surface area (Å²) >= 11 is 0. The maximum Gasteiger partial charge on any atom is 0.573 e. The molecule has 0 fully saturated rings. The van der Waals surface area contributed by atoms with Gasteiger partial charge in [-0.05, 0) is 281 Å². The Labute approximate surface area is 842 Å². The fraction of sp³-hybridized carbons (Fsp3) is 0.0376. The molecule has 0 saturated heterocycles. The van der Waals surface area contributed by atoms with Gasteiger partial charge in [-0.15, -0.1) is 13.2 Å². The molecule has 0 unspecified atom stereocenters. The largest absolute Gasteiger partial charge is 0.573 e. The van der Waals surface area contributed by atoms with E-state index in [0.717, 1.165) is 101 Å². The van der Waals surface area contributed by atoms with Crippen molar-refractivity contribution in [3.8, 4) is 118 Å². The molecule has 3 heterocycles. The third-order valence-corrected chi connectivity index (χ3v) is 28.5. The minimum atomic E-state index is -4.91. The van der Waals surface area contributed by atoms with Gasteiger partial charge in [0.2, 0.25) is 0 Å². The molecular weight excluding hydrogens is 1800 g/mol. The van der Waals surface area contributed by atoms with Crippen LogP contribution in [0.25, 0.3) is 187 Å². The van der Waals surface area contributed by atoms with E-state index < -0.39 is 12.1 Å². The second kappa shape index (κ2) is 36.6. The second-order valence-electron chi connectivity index (χ2n) is 37.3. The molecule has 0 N–H and O–H groups in total. The lowest BCUT2D eigenvalue weighted by Crippen LogP contribution is -2.17. The zero-order valence-electron chi connectivity index (χ0n) is 79.4. The van der Waals surface area contributed by atoms with Crippen LogP contribution in [0.1, 0.15) is 52.8 Å². The second-order valence-corrected chi connectivity index (χ2v) is 37.3. The molecule has 3 aliphatic carbocycles. The molecule has 0 amide bonds. The number of nitrogens with zero attached hydrogens (tertiary/aromatic N) is 8. The number of para-hydroxylation sites is 6. The molecule has 0 bridgehead atoms. The molecule has 10 nitrogen and oxygen atoms in total. The van der Waals surface area contributed by atoms with Gasteiger partial charge in [-0.3, -0.25) is 0 Å². The number of rotatable bonds is 14. The number of aryl methyl sites for hydroxylation is 1. The molecule has 0 saturated carbocycles. The van der Waals surface area contributed by atoms with Gasteiger partial charge in [0.1, 0.15) is 16.9 Å². The maximum absolute atomic E-state index is 12.9. The van der Waals surface area contributed by atoms with E-state index in [1.165, 1.54) is 129 Å². The van der Waals surface area contributed by atoms with Crippen molar-refractivity contribution in [1.82, 2.24) is 9.13 Å². The topological polar surface area (TPSA) is 95.0 Å². The number of aromatic nitrogens is 2. The highest BCUT2D eigenvalue weighted by molar-refractivity contribution is 6.14. The van der Waals surface area contributed by atoms with Gasteiger partial charge < -0.3 is 28.1 Å². The number of hydrogen-bond donors (Lipinski definition) is 0. The number of hydrogen-bond acceptors (Lipinski definition) is 6. The lowest BCUT2D eigenvalue weighted by Gasteiger charge is -2.28.